The summed E-state index contributed by atoms with van der Waals surface area (Å²) in [4.78, 5) is 11.8. The average Bonchev–Trinajstić information content (AvgIpc) is 3.01. The Morgan fingerprint density at radius 1 is 1.08 bits per heavy atom. The fraction of sp³-hybridized carbons (Fsp3) is 0.125. The number of para-hydroxylation sites is 1. The second-order valence-electron chi connectivity index (χ2n) is 4.90. The summed E-state index contributed by atoms with van der Waals surface area (Å²) in [5, 5.41) is 17.2. The van der Waals surface area contributed by atoms with Gasteiger partial charge in [-0.25, -0.2) is 0 Å². The Bertz CT molecular complexity index is 802. The van der Waals surface area contributed by atoms with Gasteiger partial charge in [-0.2, -0.15) is 0 Å². The van der Waals surface area contributed by atoms with Crippen LogP contribution in [0.3, 0.4) is 0 Å². The van der Waals surface area contributed by atoms with Crippen LogP contribution in [0.1, 0.15) is 5.76 Å². The molecule has 0 spiro atoms. The molecule has 0 atom stereocenters. The monoisotopic (exact) mass is 325 g/mol. The molecule has 24 heavy (non-hydrogen) atoms. The summed E-state index contributed by atoms with van der Waals surface area (Å²) in [6.45, 7) is 1.68. The van der Waals surface area contributed by atoms with E-state index in [2.05, 4.69) is 26.0 Å². The van der Waals surface area contributed by atoms with Gasteiger partial charge in [-0.15, -0.1) is 10.2 Å². The van der Waals surface area contributed by atoms with Gasteiger partial charge in [-0.3, -0.25) is 4.79 Å². The number of carbonyl (C=O) groups excluding carboxylic acids is 1. The summed E-state index contributed by atoms with van der Waals surface area (Å²) in [5.74, 6) is 2.35. The van der Waals surface area contributed by atoms with Crippen molar-refractivity contribution in [3.63, 3.8) is 0 Å². The van der Waals surface area contributed by atoms with Crippen molar-refractivity contribution >= 4 is 23.4 Å². The van der Waals surface area contributed by atoms with E-state index in [1.807, 2.05) is 18.2 Å². The van der Waals surface area contributed by atoms with Crippen LogP contribution in [0.25, 0.3) is 0 Å². The van der Waals surface area contributed by atoms with E-state index in [4.69, 9.17) is 9.26 Å². The van der Waals surface area contributed by atoms with Crippen molar-refractivity contribution in [3.05, 3.63) is 54.3 Å². The third-order valence-electron chi connectivity index (χ3n) is 2.93. The molecular formula is C16H15N5O3. The number of carbonyl (C=O) groups is 1. The number of hydrogen-bond donors (Lipinski definition) is 2. The smallest absolute Gasteiger partial charge is 0.263 e. The van der Waals surface area contributed by atoms with E-state index >= 15 is 0 Å². The maximum Gasteiger partial charge on any atom is 0.263 e. The van der Waals surface area contributed by atoms with Crippen molar-refractivity contribution in [1.29, 1.82) is 0 Å². The van der Waals surface area contributed by atoms with Crippen LogP contribution in [-0.4, -0.2) is 27.9 Å². The molecule has 0 bridgehead atoms. The Hall–Kier alpha value is -3.42. The first-order valence-electron chi connectivity index (χ1n) is 7.21. The van der Waals surface area contributed by atoms with Crippen LogP contribution >= 0.6 is 0 Å². The molecule has 0 saturated heterocycles. The fourth-order valence-electron chi connectivity index (χ4n) is 1.87. The summed E-state index contributed by atoms with van der Waals surface area (Å²) in [5.41, 5.74) is 0. The Balaban J connectivity index is 1.51. The van der Waals surface area contributed by atoms with E-state index in [0.717, 1.165) is 0 Å². The maximum atomic E-state index is 11.8. The standard InChI is InChI=1S/C16H15N5O3/c1-11-9-15(21-24-11)17-13-7-8-14(20-19-13)18-16(22)10-23-12-5-3-2-4-6-12/h2-9H,10H2,1H3,(H,17,19,21)(H,18,20,22). The van der Waals surface area contributed by atoms with E-state index in [1.54, 1.807) is 37.3 Å². The van der Waals surface area contributed by atoms with Gasteiger partial charge in [0.05, 0.1) is 0 Å². The topological polar surface area (TPSA) is 102 Å². The number of hydrogen-bond acceptors (Lipinski definition) is 7. The van der Waals surface area contributed by atoms with Gasteiger partial charge in [0, 0.05) is 6.07 Å². The first kappa shape index (κ1) is 15.5. The third-order valence-corrected chi connectivity index (χ3v) is 2.93. The van der Waals surface area contributed by atoms with Gasteiger partial charge >= 0.3 is 0 Å². The van der Waals surface area contributed by atoms with E-state index in [-0.39, 0.29) is 12.5 Å². The predicted octanol–water partition coefficient (Wildman–Crippen LogP) is 2.53. The van der Waals surface area contributed by atoms with Gasteiger partial charge in [0.2, 0.25) is 0 Å². The lowest BCUT2D eigenvalue weighted by Gasteiger charge is -2.07. The van der Waals surface area contributed by atoms with E-state index in [9.17, 15) is 4.79 Å². The largest absolute Gasteiger partial charge is 0.484 e. The zero-order valence-electron chi connectivity index (χ0n) is 12.9. The zero-order valence-corrected chi connectivity index (χ0v) is 12.9. The number of rotatable bonds is 6. The van der Waals surface area contributed by atoms with Crippen molar-refractivity contribution in [2.24, 2.45) is 0 Å². The Labute approximate surface area is 137 Å². The lowest BCUT2D eigenvalue weighted by atomic mass is 10.3. The molecule has 8 heteroatoms. The highest BCUT2D eigenvalue weighted by Crippen LogP contribution is 2.14. The van der Waals surface area contributed by atoms with Crippen molar-refractivity contribution < 1.29 is 14.1 Å². The van der Waals surface area contributed by atoms with E-state index < -0.39 is 0 Å². The molecule has 1 amide bonds. The average molecular weight is 325 g/mol. The minimum Gasteiger partial charge on any atom is -0.484 e. The van der Waals surface area contributed by atoms with Crippen molar-refractivity contribution in [2.45, 2.75) is 6.92 Å². The molecule has 0 unspecified atom stereocenters. The highest BCUT2D eigenvalue weighted by atomic mass is 16.5. The number of amides is 1. The minimum atomic E-state index is -0.319. The lowest BCUT2D eigenvalue weighted by molar-refractivity contribution is -0.118. The number of ether oxygens (including phenoxy) is 1. The molecule has 3 aromatic rings. The molecule has 0 aliphatic rings. The van der Waals surface area contributed by atoms with Crippen LogP contribution in [0.5, 0.6) is 5.75 Å². The molecule has 0 aliphatic carbocycles. The number of anilines is 3. The van der Waals surface area contributed by atoms with Gasteiger partial charge in [-0.05, 0) is 31.2 Å². The highest BCUT2D eigenvalue weighted by molar-refractivity contribution is 5.90. The van der Waals surface area contributed by atoms with Gasteiger partial charge in [0.25, 0.3) is 5.91 Å². The molecule has 2 heterocycles. The summed E-state index contributed by atoms with van der Waals surface area (Å²) < 4.78 is 10.3. The molecule has 1 aromatic carbocycles. The Morgan fingerprint density at radius 3 is 2.50 bits per heavy atom. The zero-order chi connectivity index (χ0) is 16.8. The van der Waals surface area contributed by atoms with E-state index in [0.29, 0.717) is 29.0 Å². The number of nitrogens with one attached hydrogen (secondary N) is 2. The first-order valence-corrected chi connectivity index (χ1v) is 7.21. The second-order valence-corrected chi connectivity index (χ2v) is 4.90. The molecule has 2 aromatic heterocycles. The summed E-state index contributed by atoms with van der Waals surface area (Å²) >= 11 is 0. The molecule has 122 valence electrons. The number of aryl methyl sites for hydroxylation is 1. The van der Waals surface area contributed by atoms with Crippen LogP contribution in [-0.2, 0) is 4.79 Å². The second kappa shape index (κ2) is 7.23. The molecular weight excluding hydrogens is 310 g/mol. The van der Waals surface area contributed by atoms with Gasteiger partial charge in [-0.1, -0.05) is 23.4 Å². The number of benzene rings is 1. The van der Waals surface area contributed by atoms with Crippen molar-refractivity contribution in [2.75, 3.05) is 17.2 Å². The quantitative estimate of drug-likeness (QED) is 0.718. The van der Waals surface area contributed by atoms with Crippen LogP contribution in [0, 0.1) is 6.92 Å². The van der Waals surface area contributed by atoms with Crippen LogP contribution < -0.4 is 15.4 Å². The number of nitrogens with zero attached hydrogens (tertiary/aromatic N) is 3. The third kappa shape index (κ3) is 4.29. The van der Waals surface area contributed by atoms with Crippen LogP contribution in [0.15, 0.2) is 53.1 Å². The Kier molecular flexibility index (Phi) is 4.66. The van der Waals surface area contributed by atoms with Crippen LogP contribution in [0.2, 0.25) is 0 Å². The lowest BCUT2D eigenvalue weighted by Crippen LogP contribution is -2.21. The SMILES string of the molecule is Cc1cc(Nc2ccc(NC(=O)COc3ccccc3)nn2)no1. The first-order chi connectivity index (χ1) is 11.7. The summed E-state index contributed by atoms with van der Waals surface area (Å²) in [6.07, 6.45) is 0. The van der Waals surface area contributed by atoms with Gasteiger partial charge in [0.15, 0.2) is 24.1 Å². The van der Waals surface area contributed by atoms with Gasteiger partial charge < -0.3 is 19.9 Å². The number of aromatic nitrogens is 3. The fourth-order valence-corrected chi connectivity index (χ4v) is 1.87. The molecule has 0 saturated carbocycles. The van der Waals surface area contributed by atoms with Crippen molar-refractivity contribution in [1.82, 2.24) is 15.4 Å². The Morgan fingerprint density at radius 2 is 1.83 bits per heavy atom. The van der Waals surface area contributed by atoms with E-state index in [1.165, 1.54) is 0 Å². The molecule has 8 nitrogen and oxygen atoms in total. The van der Waals surface area contributed by atoms with Crippen LogP contribution in [0.4, 0.5) is 17.5 Å². The molecule has 2 N–H and O–H groups in total. The van der Waals surface area contributed by atoms with Gasteiger partial charge in [0.1, 0.15) is 11.5 Å². The molecule has 0 fully saturated rings. The molecule has 0 aliphatic heterocycles. The molecule has 3 rings (SSSR count). The predicted molar refractivity (Wildman–Crippen MR) is 87.1 cm³/mol. The van der Waals surface area contributed by atoms with Crippen molar-refractivity contribution in [3.8, 4) is 5.75 Å². The summed E-state index contributed by atoms with van der Waals surface area (Å²) in [7, 11) is 0. The highest BCUT2D eigenvalue weighted by Gasteiger charge is 2.06. The minimum absolute atomic E-state index is 0.107. The maximum absolute atomic E-state index is 11.8. The normalized spacial score (nSPS) is 10.2. The molecule has 0 radical (unpaired) electrons. The summed E-state index contributed by atoms with van der Waals surface area (Å²) in [6, 6.07) is 14.1.